The number of hydrogen-bond acceptors (Lipinski definition) is 6. The number of nitrogens with two attached hydrogens (primary N) is 1. The van der Waals surface area contributed by atoms with Crippen LogP contribution in [0.4, 0.5) is 0 Å². The third-order valence-electron chi connectivity index (χ3n) is 6.60. The van der Waals surface area contributed by atoms with E-state index in [0.29, 0.717) is 11.8 Å². The van der Waals surface area contributed by atoms with Crippen molar-refractivity contribution in [1.82, 2.24) is 4.90 Å². The van der Waals surface area contributed by atoms with E-state index in [4.69, 9.17) is 19.9 Å². The van der Waals surface area contributed by atoms with Crippen LogP contribution in [0.1, 0.15) is 57.7 Å². The quantitative estimate of drug-likeness (QED) is 0.683. The Morgan fingerprint density at radius 3 is 2.43 bits per heavy atom. The topological polar surface area (TPSA) is 74.0 Å². The zero-order valence-corrected chi connectivity index (χ0v) is 19.3. The van der Waals surface area contributed by atoms with Gasteiger partial charge in [0.25, 0.3) is 0 Å². The standard InChI is InChI=1S/C24H38N2O4/c1-14(2)9-17-13-26-8-7-16-10-21(28-5)22(29-6)11-18(16)19(26)12-20(17)30-24(27)23(25)15(3)4/h10-11,14-15,17,19-20,23H,7-9,12-13,25H2,1-6H3/t17-,19-,20-,23-/m1/s1. The fourth-order valence-electron chi connectivity index (χ4n) is 4.88. The predicted molar refractivity (Wildman–Crippen MR) is 118 cm³/mol. The number of piperidine rings is 1. The molecule has 4 atom stereocenters. The first-order valence-electron chi connectivity index (χ1n) is 11.2. The lowest BCUT2D eigenvalue weighted by molar-refractivity contribution is -0.160. The Morgan fingerprint density at radius 1 is 1.17 bits per heavy atom. The second kappa shape index (κ2) is 9.56. The average Bonchev–Trinajstić information content (AvgIpc) is 2.71. The van der Waals surface area contributed by atoms with Gasteiger partial charge in [0.2, 0.25) is 0 Å². The summed E-state index contributed by atoms with van der Waals surface area (Å²) >= 11 is 0. The van der Waals surface area contributed by atoms with E-state index in [9.17, 15) is 4.79 Å². The van der Waals surface area contributed by atoms with Crippen LogP contribution in [0.3, 0.4) is 0 Å². The molecule has 6 nitrogen and oxygen atoms in total. The molecule has 0 bridgehead atoms. The Balaban J connectivity index is 1.88. The molecule has 1 fully saturated rings. The summed E-state index contributed by atoms with van der Waals surface area (Å²) in [5.74, 6) is 2.18. The minimum Gasteiger partial charge on any atom is -0.493 e. The molecule has 3 rings (SSSR count). The Kier molecular flexibility index (Phi) is 7.30. The zero-order chi connectivity index (χ0) is 22.0. The van der Waals surface area contributed by atoms with Crippen molar-refractivity contribution in [2.45, 2.75) is 65.1 Å². The first-order valence-corrected chi connectivity index (χ1v) is 11.2. The van der Waals surface area contributed by atoms with Crippen LogP contribution >= 0.6 is 0 Å². The minimum atomic E-state index is -0.578. The summed E-state index contributed by atoms with van der Waals surface area (Å²) in [4.78, 5) is 15.2. The maximum Gasteiger partial charge on any atom is 0.323 e. The van der Waals surface area contributed by atoms with Gasteiger partial charge < -0.3 is 19.9 Å². The summed E-state index contributed by atoms with van der Waals surface area (Å²) in [6, 6.07) is 3.84. The minimum absolute atomic E-state index is 0.0632. The van der Waals surface area contributed by atoms with Gasteiger partial charge in [-0.3, -0.25) is 9.69 Å². The molecule has 1 aromatic rings. The molecule has 0 unspecified atom stereocenters. The molecule has 2 aliphatic rings. The molecule has 0 amide bonds. The highest BCUT2D eigenvalue weighted by atomic mass is 16.5. The largest absolute Gasteiger partial charge is 0.493 e. The number of rotatable bonds is 7. The van der Waals surface area contributed by atoms with Gasteiger partial charge in [-0.1, -0.05) is 27.7 Å². The normalized spacial score (nSPS) is 24.9. The number of carbonyl (C=O) groups excluding carboxylic acids is 1. The van der Waals surface area contributed by atoms with E-state index < -0.39 is 6.04 Å². The first-order chi connectivity index (χ1) is 14.2. The molecule has 0 saturated carbocycles. The molecule has 0 aromatic heterocycles. The molecule has 1 saturated heterocycles. The number of esters is 1. The second-order valence-electron chi connectivity index (χ2n) is 9.54. The summed E-state index contributed by atoms with van der Waals surface area (Å²) < 4.78 is 17.1. The molecule has 0 aliphatic carbocycles. The molecule has 2 heterocycles. The van der Waals surface area contributed by atoms with E-state index in [2.05, 4.69) is 30.9 Å². The number of nitrogens with zero attached hydrogens (tertiary/aromatic N) is 1. The molecule has 1 aromatic carbocycles. The molecular formula is C24H38N2O4. The van der Waals surface area contributed by atoms with Gasteiger partial charge in [-0.05, 0) is 47.9 Å². The summed E-state index contributed by atoms with van der Waals surface area (Å²) in [6.45, 7) is 10.3. The highest BCUT2D eigenvalue weighted by Gasteiger charge is 2.41. The molecule has 0 spiro atoms. The van der Waals surface area contributed by atoms with Gasteiger partial charge in [-0.15, -0.1) is 0 Å². The molecule has 2 aliphatic heterocycles. The van der Waals surface area contributed by atoms with Gasteiger partial charge in [-0.2, -0.15) is 0 Å². The molecule has 2 N–H and O–H groups in total. The van der Waals surface area contributed by atoms with Crippen LogP contribution in [0.25, 0.3) is 0 Å². The molecular weight excluding hydrogens is 380 g/mol. The number of ether oxygens (including phenoxy) is 3. The van der Waals surface area contributed by atoms with Crippen molar-refractivity contribution < 1.29 is 19.0 Å². The van der Waals surface area contributed by atoms with E-state index in [1.807, 2.05) is 13.8 Å². The first kappa shape index (κ1) is 22.9. The van der Waals surface area contributed by atoms with Crippen molar-refractivity contribution in [3.8, 4) is 11.5 Å². The fourth-order valence-corrected chi connectivity index (χ4v) is 4.88. The predicted octanol–water partition coefficient (Wildman–Crippen LogP) is 3.56. The fraction of sp³-hybridized carbons (Fsp3) is 0.708. The summed E-state index contributed by atoms with van der Waals surface area (Å²) in [5, 5.41) is 0. The number of methoxy groups -OCH3 is 2. The number of carbonyl (C=O) groups is 1. The van der Waals surface area contributed by atoms with Crippen molar-refractivity contribution in [2.24, 2.45) is 23.5 Å². The van der Waals surface area contributed by atoms with Gasteiger partial charge in [0.05, 0.1) is 14.2 Å². The van der Waals surface area contributed by atoms with Gasteiger partial charge >= 0.3 is 5.97 Å². The smallest absolute Gasteiger partial charge is 0.323 e. The van der Waals surface area contributed by atoms with Crippen LogP contribution in [0.5, 0.6) is 11.5 Å². The van der Waals surface area contributed by atoms with Crippen LogP contribution in [-0.2, 0) is 16.0 Å². The summed E-state index contributed by atoms with van der Waals surface area (Å²) in [5.41, 5.74) is 8.64. The van der Waals surface area contributed by atoms with Gasteiger partial charge in [0.1, 0.15) is 12.1 Å². The van der Waals surface area contributed by atoms with Crippen LogP contribution in [0, 0.1) is 17.8 Å². The van der Waals surface area contributed by atoms with Crippen LogP contribution < -0.4 is 15.2 Å². The third kappa shape index (κ3) is 4.75. The maximum atomic E-state index is 12.7. The van der Waals surface area contributed by atoms with Gasteiger partial charge in [0, 0.05) is 31.5 Å². The molecule has 30 heavy (non-hydrogen) atoms. The third-order valence-corrected chi connectivity index (χ3v) is 6.60. The van der Waals surface area contributed by atoms with Gasteiger partial charge in [-0.25, -0.2) is 0 Å². The van der Waals surface area contributed by atoms with Crippen molar-refractivity contribution >= 4 is 5.97 Å². The Hall–Kier alpha value is -1.79. The van der Waals surface area contributed by atoms with Gasteiger partial charge in [0.15, 0.2) is 11.5 Å². The van der Waals surface area contributed by atoms with Crippen molar-refractivity contribution in [3.63, 3.8) is 0 Å². The Morgan fingerprint density at radius 2 is 1.83 bits per heavy atom. The zero-order valence-electron chi connectivity index (χ0n) is 19.3. The lowest BCUT2D eigenvalue weighted by atomic mass is 9.79. The van der Waals surface area contributed by atoms with E-state index in [1.165, 1.54) is 11.1 Å². The SMILES string of the molecule is COc1cc2c(cc1OC)[C@H]1C[C@@H](OC(=O)[C@H](N)C(C)C)[C@H](CC(C)C)CN1CC2. The van der Waals surface area contributed by atoms with Crippen molar-refractivity contribution in [3.05, 3.63) is 23.3 Å². The molecule has 0 radical (unpaired) electrons. The molecule has 168 valence electrons. The Labute approximate surface area is 181 Å². The molecule has 6 heteroatoms. The maximum absolute atomic E-state index is 12.7. The summed E-state index contributed by atoms with van der Waals surface area (Å²) in [6.07, 6.45) is 2.70. The monoisotopic (exact) mass is 418 g/mol. The van der Waals surface area contributed by atoms with Crippen molar-refractivity contribution in [1.29, 1.82) is 0 Å². The van der Waals surface area contributed by atoms with E-state index >= 15 is 0 Å². The number of hydrogen-bond donors (Lipinski definition) is 1. The number of benzene rings is 1. The van der Waals surface area contributed by atoms with E-state index in [1.54, 1.807) is 14.2 Å². The highest BCUT2D eigenvalue weighted by Crippen LogP contribution is 2.44. The lowest BCUT2D eigenvalue weighted by Crippen LogP contribution is -2.51. The van der Waals surface area contributed by atoms with Crippen LogP contribution in [0.15, 0.2) is 12.1 Å². The van der Waals surface area contributed by atoms with Crippen LogP contribution in [-0.4, -0.2) is 50.3 Å². The van der Waals surface area contributed by atoms with E-state index in [0.717, 1.165) is 43.9 Å². The number of fused-ring (bicyclic) bond motifs is 3. The summed E-state index contributed by atoms with van der Waals surface area (Å²) in [7, 11) is 3.34. The second-order valence-corrected chi connectivity index (χ2v) is 9.54. The highest BCUT2D eigenvalue weighted by molar-refractivity contribution is 5.76. The van der Waals surface area contributed by atoms with Crippen molar-refractivity contribution in [2.75, 3.05) is 27.3 Å². The Bertz CT molecular complexity index is 749. The average molecular weight is 419 g/mol. The van der Waals surface area contributed by atoms with E-state index in [-0.39, 0.29) is 24.0 Å². The van der Waals surface area contributed by atoms with Crippen LogP contribution in [0.2, 0.25) is 0 Å². The lowest BCUT2D eigenvalue weighted by Gasteiger charge is -2.47.